The van der Waals surface area contributed by atoms with Crippen LogP contribution in [0.1, 0.15) is 65.4 Å². The number of Topliss-reactive ketones (excluding diaryl/α,β-unsaturated/α-hetero) is 1. The molecule has 0 fully saturated rings. The third-order valence-electron chi connectivity index (χ3n) is 4.40. The predicted molar refractivity (Wildman–Crippen MR) is 113 cm³/mol. The van der Waals surface area contributed by atoms with E-state index in [-0.39, 0.29) is 37.2 Å². The molecule has 2 N–H and O–H groups in total. The number of ether oxygens (including phenoxy) is 1. The van der Waals surface area contributed by atoms with Crippen molar-refractivity contribution in [2.24, 2.45) is 0 Å². The van der Waals surface area contributed by atoms with Crippen molar-refractivity contribution in [1.82, 2.24) is 20.2 Å². The molecule has 0 unspecified atom stereocenters. The highest BCUT2D eigenvalue weighted by atomic mass is 16.5. The number of pyridine rings is 1. The molecule has 0 aliphatic carbocycles. The van der Waals surface area contributed by atoms with Crippen molar-refractivity contribution in [3.8, 4) is 0 Å². The lowest BCUT2D eigenvalue weighted by Crippen LogP contribution is -2.49. The molecule has 0 aromatic carbocycles. The van der Waals surface area contributed by atoms with Crippen molar-refractivity contribution in [1.29, 1.82) is 0 Å². The largest absolute Gasteiger partial charge is 0.461 e. The molecule has 2 amide bonds. The summed E-state index contributed by atoms with van der Waals surface area (Å²) in [5, 5.41) is 2.90. The molecular weight excluding hydrogens is 384 g/mol. The molecule has 0 radical (unpaired) electrons. The van der Waals surface area contributed by atoms with E-state index in [0.29, 0.717) is 16.8 Å². The van der Waals surface area contributed by atoms with E-state index in [1.165, 1.54) is 4.90 Å². The minimum Gasteiger partial charge on any atom is -0.461 e. The Balaban J connectivity index is 2.29. The molecule has 162 valence electrons. The fourth-order valence-electron chi connectivity index (χ4n) is 3.14. The Hall–Kier alpha value is -3.16. The van der Waals surface area contributed by atoms with Gasteiger partial charge in [0.15, 0.2) is 5.78 Å². The smallest absolute Gasteiger partial charge is 0.355 e. The molecule has 8 heteroatoms. The van der Waals surface area contributed by atoms with Gasteiger partial charge in [-0.15, -0.1) is 0 Å². The lowest BCUT2D eigenvalue weighted by Gasteiger charge is -2.28. The van der Waals surface area contributed by atoms with Crippen molar-refractivity contribution in [3.05, 3.63) is 52.6 Å². The van der Waals surface area contributed by atoms with Crippen LogP contribution >= 0.6 is 0 Å². The second kappa shape index (κ2) is 9.56. The van der Waals surface area contributed by atoms with E-state index in [2.05, 4.69) is 15.3 Å². The standard InChI is InChI=1S/C22H30N4O4/c1-7-30-20(28)19-14(2)18(15(3)24-19)17(27)13-26(21(29)25-22(4,5)6)12-16-9-8-10-23-11-16/h8-11,24H,7,12-13H2,1-6H3,(H,25,29). The van der Waals surface area contributed by atoms with E-state index in [4.69, 9.17) is 4.74 Å². The van der Waals surface area contributed by atoms with E-state index in [1.807, 2.05) is 26.8 Å². The molecular formula is C22H30N4O4. The van der Waals surface area contributed by atoms with Gasteiger partial charge in [0.05, 0.1) is 13.2 Å². The van der Waals surface area contributed by atoms with Gasteiger partial charge in [0.2, 0.25) is 0 Å². The van der Waals surface area contributed by atoms with Gasteiger partial charge in [-0.05, 0) is 58.7 Å². The van der Waals surface area contributed by atoms with Crippen molar-refractivity contribution in [2.75, 3.05) is 13.2 Å². The second-order valence-electron chi connectivity index (χ2n) is 8.17. The molecule has 0 saturated heterocycles. The van der Waals surface area contributed by atoms with Gasteiger partial charge in [0, 0.05) is 35.7 Å². The Bertz CT molecular complexity index is 913. The minimum atomic E-state index is -0.505. The molecule has 0 spiro atoms. The zero-order chi connectivity index (χ0) is 22.5. The first-order valence-electron chi connectivity index (χ1n) is 9.89. The topological polar surface area (TPSA) is 104 Å². The molecule has 8 nitrogen and oxygen atoms in total. The maximum absolute atomic E-state index is 13.1. The lowest BCUT2D eigenvalue weighted by atomic mass is 10.0. The number of aromatic nitrogens is 2. The fraction of sp³-hybridized carbons (Fsp3) is 0.455. The van der Waals surface area contributed by atoms with Crippen molar-refractivity contribution in [2.45, 2.75) is 53.6 Å². The predicted octanol–water partition coefficient (Wildman–Crippen LogP) is 3.40. The Labute approximate surface area is 177 Å². The SMILES string of the molecule is CCOC(=O)c1[nH]c(C)c(C(=O)CN(Cc2cccnc2)C(=O)NC(C)(C)C)c1C. The maximum Gasteiger partial charge on any atom is 0.355 e. The average Bonchev–Trinajstić information content (AvgIpc) is 2.95. The number of carbonyl (C=O) groups is 3. The van der Waals surface area contributed by atoms with Crippen LogP contribution < -0.4 is 5.32 Å². The number of ketones is 1. The molecule has 0 saturated carbocycles. The maximum atomic E-state index is 13.1. The third kappa shape index (κ3) is 5.92. The monoisotopic (exact) mass is 414 g/mol. The van der Waals surface area contributed by atoms with Crippen LogP contribution in [0.3, 0.4) is 0 Å². The van der Waals surface area contributed by atoms with Gasteiger partial charge in [-0.1, -0.05) is 6.07 Å². The third-order valence-corrected chi connectivity index (χ3v) is 4.40. The van der Waals surface area contributed by atoms with Gasteiger partial charge >= 0.3 is 12.0 Å². The van der Waals surface area contributed by atoms with Crippen molar-refractivity contribution >= 4 is 17.8 Å². The summed E-state index contributed by atoms with van der Waals surface area (Å²) in [6.07, 6.45) is 3.31. The number of urea groups is 1. The molecule has 0 aliphatic heterocycles. The highest BCUT2D eigenvalue weighted by Crippen LogP contribution is 2.20. The number of rotatable bonds is 7. The number of aryl methyl sites for hydroxylation is 1. The second-order valence-corrected chi connectivity index (χ2v) is 8.17. The number of hydrogen-bond donors (Lipinski definition) is 2. The highest BCUT2D eigenvalue weighted by Gasteiger charge is 2.27. The first-order valence-corrected chi connectivity index (χ1v) is 9.89. The average molecular weight is 415 g/mol. The van der Waals surface area contributed by atoms with E-state index < -0.39 is 11.5 Å². The molecule has 0 aliphatic rings. The number of amides is 2. The molecule has 0 atom stereocenters. The van der Waals surface area contributed by atoms with Crippen LogP contribution in [0.15, 0.2) is 24.5 Å². The number of esters is 1. The van der Waals surface area contributed by atoms with E-state index in [1.54, 1.807) is 39.2 Å². The molecule has 2 rings (SSSR count). The Morgan fingerprint density at radius 3 is 2.50 bits per heavy atom. The quantitative estimate of drug-likeness (QED) is 0.534. The summed E-state index contributed by atoms with van der Waals surface area (Å²) in [6, 6.07) is 3.28. The van der Waals surface area contributed by atoms with Crippen LogP contribution in [0.5, 0.6) is 0 Å². The summed E-state index contributed by atoms with van der Waals surface area (Å²) in [7, 11) is 0. The number of hydrogen-bond acceptors (Lipinski definition) is 5. The van der Waals surface area contributed by atoms with Crippen LogP contribution in [0.25, 0.3) is 0 Å². The van der Waals surface area contributed by atoms with Gasteiger partial charge in [-0.3, -0.25) is 9.78 Å². The van der Waals surface area contributed by atoms with Crippen LogP contribution in [0, 0.1) is 13.8 Å². The van der Waals surface area contributed by atoms with E-state index in [0.717, 1.165) is 5.56 Å². The van der Waals surface area contributed by atoms with Crippen LogP contribution in [-0.4, -0.2) is 51.3 Å². The molecule has 2 aromatic rings. The normalized spacial score (nSPS) is 11.1. The molecule has 0 bridgehead atoms. The van der Waals surface area contributed by atoms with Crippen LogP contribution in [-0.2, 0) is 11.3 Å². The zero-order valence-corrected chi connectivity index (χ0v) is 18.5. The van der Waals surface area contributed by atoms with Crippen molar-refractivity contribution in [3.63, 3.8) is 0 Å². The summed E-state index contributed by atoms with van der Waals surface area (Å²) in [6.45, 7) is 11.1. The molecule has 30 heavy (non-hydrogen) atoms. The number of nitrogens with one attached hydrogen (secondary N) is 2. The van der Waals surface area contributed by atoms with Gasteiger partial charge in [-0.25, -0.2) is 9.59 Å². The van der Waals surface area contributed by atoms with Gasteiger partial charge in [0.25, 0.3) is 0 Å². The molecule has 2 aromatic heterocycles. The van der Waals surface area contributed by atoms with Gasteiger partial charge in [0.1, 0.15) is 5.69 Å². The number of carbonyl (C=O) groups excluding carboxylic acids is 3. The summed E-state index contributed by atoms with van der Waals surface area (Å²) < 4.78 is 5.05. The Morgan fingerprint density at radius 1 is 1.23 bits per heavy atom. The van der Waals surface area contributed by atoms with Crippen LogP contribution in [0.2, 0.25) is 0 Å². The zero-order valence-electron chi connectivity index (χ0n) is 18.5. The first-order chi connectivity index (χ1) is 14.0. The van der Waals surface area contributed by atoms with Crippen LogP contribution in [0.4, 0.5) is 4.79 Å². The number of aromatic amines is 1. The Morgan fingerprint density at radius 2 is 1.93 bits per heavy atom. The first kappa shape index (κ1) is 23.1. The van der Waals surface area contributed by atoms with Crippen molar-refractivity contribution < 1.29 is 19.1 Å². The Kier molecular flexibility index (Phi) is 7.37. The summed E-state index contributed by atoms with van der Waals surface area (Å²) >= 11 is 0. The molecule has 2 heterocycles. The fourth-order valence-corrected chi connectivity index (χ4v) is 3.14. The highest BCUT2D eigenvalue weighted by molar-refractivity contribution is 6.04. The summed E-state index contributed by atoms with van der Waals surface area (Å²) in [5.41, 5.74) is 2.11. The van der Waals surface area contributed by atoms with E-state index in [9.17, 15) is 14.4 Å². The number of nitrogens with zero attached hydrogens (tertiary/aromatic N) is 2. The number of H-pyrrole nitrogens is 1. The van der Waals surface area contributed by atoms with E-state index >= 15 is 0 Å². The van der Waals surface area contributed by atoms with Gasteiger partial charge < -0.3 is 19.9 Å². The minimum absolute atomic E-state index is 0.140. The lowest BCUT2D eigenvalue weighted by molar-refractivity contribution is 0.0519. The summed E-state index contributed by atoms with van der Waals surface area (Å²) in [4.78, 5) is 46.6. The van der Waals surface area contributed by atoms with Gasteiger partial charge in [-0.2, -0.15) is 0 Å². The summed E-state index contributed by atoms with van der Waals surface area (Å²) in [5.74, 6) is -0.764.